The number of ether oxygens (including phenoxy) is 1. The Bertz CT molecular complexity index is 2510. The zero-order valence-corrected chi connectivity index (χ0v) is 35.1. The van der Waals surface area contributed by atoms with Gasteiger partial charge in [-0.3, -0.25) is 14.5 Å². The van der Waals surface area contributed by atoms with E-state index in [9.17, 15) is 14.4 Å². The lowest BCUT2D eigenvalue weighted by atomic mass is 9.98. The minimum absolute atomic E-state index is 0.0750. The summed E-state index contributed by atoms with van der Waals surface area (Å²) in [5, 5.41) is 4.99. The van der Waals surface area contributed by atoms with E-state index in [2.05, 4.69) is 97.9 Å². The van der Waals surface area contributed by atoms with Crippen LogP contribution in [0.3, 0.4) is 0 Å². The Labute approximate surface area is 356 Å². The molecule has 4 aromatic carbocycles. The molecule has 0 bridgehead atoms. The van der Waals surface area contributed by atoms with Gasteiger partial charge in [0.05, 0.1) is 43.0 Å². The molecule has 0 radical (unpaired) electrons. The fourth-order valence-corrected chi connectivity index (χ4v) is 9.55. The first-order valence-corrected chi connectivity index (χ1v) is 21.7. The van der Waals surface area contributed by atoms with E-state index in [1.165, 1.54) is 7.11 Å². The lowest BCUT2D eigenvalue weighted by Crippen LogP contribution is -2.51. The number of aromatic nitrogens is 4. The van der Waals surface area contributed by atoms with Crippen molar-refractivity contribution in [2.75, 3.05) is 33.3 Å². The average Bonchev–Trinajstić information content (AvgIpc) is 4.15. The number of carbonyl (C=O) groups excluding carboxylic acids is 3. The molecule has 3 N–H and O–H groups in total. The number of fused-ring (bicyclic) bond motifs is 1. The number of hydrogen-bond donors (Lipinski definition) is 3. The van der Waals surface area contributed by atoms with E-state index in [0.717, 1.165) is 120 Å². The molecule has 6 aromatic rings. The maximum atomic E-state index is 14.3. The minimum Gasteiger partial charge on any atom is -0.453 e. The van der Waals surface area contributed by atoms with E-state index in [-0.39, 0.29) is 35.9 Å². The van der Waals surface area contributed by atoms with Crippen molar-refractivity contribution in [1.29, 1.82) is 0 Å². The molecule has 12 heteroatoms. The Balaban J connectivity index is 0.874. The van der Waals surface area contributed by atoms with Crippen LogP contribution in [0.2, 0.25) is 0 Å². The topological polar surface area (TPSA) is 140 Å². The van der Waals surface area contributed by atoms with Gasteiger partial charge in [0.25, 0.3) is 0 Å². The molecule has 314 valence electrons. The number of aromatic amines is 2. The van der Waals surface area contributed by atoms with Gasteiger partial charge >= 0.3 is 6.09 Å². The molecule has 5 heterocycles. The fraction of sp³-hybridized carbons (Fsp3) is 0.367. The highest BCUT2D eigenvalue weighted by molar-refractivity contribution is 5.91. The predicted molar refractivity (Wildman–Crippen MR) is 236 cm³/mol. The summed E-state index contributed by atoms with van der Waals surface area (Å²) in [5.41, 5.74) is 7.18. The number of H-pyrrole nitrogens is 2. The van der Waals surface area contributed by atoms with E-state index < -0.39 is 12.1 Å². The van der Waals surface area contributed by atoms with Crippen molar-refractivity contribution in [3.63, 3.8) is 0 Å². The van der Waals surface area contributed by atoms with Crippen molar-refractivity contribution in [1.82, 2.24) is 40.0 Å². The summed E-state index contributed by atoms with van der Waals surface area (Å²) in [7, 11) is 1.30. The zero-order valence-electron chi connectivity index (χ0n) is 35.1. The number of hydrogen-bond acceptors (Lipinski definition) is 7. The molecule has 0 aliphatic carbocycles. The summed E-state index contributed by atoms with van der Waals surface area (Å²) in [5.74, 6) is 1.54. The monoisotopic (exact) mass is 818 g/mol. The molecule has 3 aliphatic rings. The molecule has 1 unspecified atom stereocenters. The highest BCUT2D eigenvalue weighted by Crippen LogP contribution is 2.38. The maximum absolute atomic E-state index is 14.3. The minimum atomic E-state index is -0.678. The quantitative estimate of drug-likeness (QED) is 0.119. The zero-order chi connectivity index (χ0) is 42.0. The Morgan fingerprint density at radius 3 is 1.80 bits per heavy atom. The smallest absolute Gasteiger partial charge is 0.407 e. The Morgan fingerprint density at radius 2 is 1.20 bits per heavy atom. The SMILES string of the molecule is COC(=O)N[C@H](C(=O)N1CCC[C@H]1c1ncc(-c2ccc(-c3ccc4cc(-c5cnc([C@@H]6CCCN6C(=O)C(c6ccccc6)N6CCCC6)[nH]5)ccc4c3)cc2)[nH]1)C(C)C. The van der Waals surface area contributed by atoms with Crippen LogP contribution in [-0.2, 0) is 14.3 Å². The van der Waals surface area contributed by atoms with Crippen LogP contribution in [0.25, 0.3) is 44.4 Å². The normalized spacial score (nSPS) is 19.1. The lowest BCUT2D eigenvalue weighted by molar-refractivity contribution is -0.138. The summed E-state index contributed by atoms with van der Waals surface area (Å²) in [4.78, 5) is 62.8. The first-order chi connectivity index (χ1) is 29.7. The summed E-state index contributed by atoms with van der Waals surface area (Å²) < 4.78 is 4.78. The van der Waals surface area contributed by atoms with Crippen molar-refractivity contribution in [2.45, 2.75) is 76.5 Å². The van der Waals surface area contributed by atoms with E-state index in [0.29, 0.717) is 6.54 Å². The number of likely N-dealkylation sites (tertiary alicyclic amines) is 3. The highest BCUT2D eigenvalue weighted by atomic mass is 16.5. The van der Waals surface area contributed by atoms with Crippen LogP contribution in [0.15, 0.2) is 103 Å². The van der Waals surface area contributed by atoms with Crippen LogP contribution in [0.4, 0.5) is 4.79 Å². The molecule has 0 saturated carbocycles. The summed E-state index contributed by atoms with van der Waals surface area (Å²) in [6.07, 6.45) is 8.88. The van der Waals surface area contributed by atoms with Gasteiger partial charge in [0.2, 0.25) is 11.8 Å². The van der Waals surface area contributed by atoms with Gasteiger partial charge in [-0.2, -0.15) is 0 Å². The average molecular weight is 819 g/mol. The largest absolute Gasteiger partial charge is 0.453 e. The highest BCUT2D eigenvalue weighted by Gasteiger charge is 2.40. The first-order valence-electron chi connectivity index (χ1n) is 21.7. The molecule has 4 atom stereocenters. The van der Waals surface area contributed by atoms with Crippen molar-refractivity contribution in [3.8, 4) is 33.6 Å². The van der Waals surface area contributed by atoms with Crippen LogP contribution in [0.1, 0.15) is 87.7 Å². The number of rotatable bonds is 11. The first kappa shape index (κ1) is 40.2. The summed E-state index contributed by atoms with van der Waals surface area (Å²) >= 11 is 0. The van der Waals surface area contributed by atoms with E-state index >= 15 is 0 Å². The van der Waals surface area contributed by atoms with Crippen molar-refractivity contribution in [3.05, 3.63) is 121 Å². The van der Waals surface area contributed by atoms with Gasteiger partial charge in [-0.25, -0.2) is 14.8 Å². The van der Waals surface area contributed by atoms with Crippen molar-refractivity contribution >= 4 is 28.7 Å². The second kappa shape index (κ2) is 17.4. The van der Waals surface area contributed by atoms with Crippen LogP contribution in [0.5, 0.6) is 0 Å². The van der Waals surface area contributed by atoms with Gasteiger partial charge in [-0.05, 0) is 103 Å². The number of methoxy groups -OCH3 is 1. The number of imidazole rings is 2. The number of nitrogens with zero attached hydrogens (tertiary/aromatic N) is 5. The summed E-state index contributed by atoms with van der Waals surface area (Å²) in [6, 6.07) is 30.5. The van der Waals surface area contributed by atoms with Crippen LogP contribution < -0.4 is 5.32 Å². The van der Waals surface area contributed by atoms with Crippen molar-refractivity contribution < 1.29 is 19.1 Å². The molecular formula is C49H54N8O4. The summed E-state index contributed by atoms with van der Waals surface area (Å²) in [6.45, 7) is 7.07. The third-order valence-corrected chi connectivity index (χ3v) is 12.8. The van der Waals surface area contributed by atoms with Gasteiger partial charge in [0, 0.05) is 18.7 Å². The lowest BCUT2D eigenvalue weighted by Gasteiger charge is -2.33. The number of carbonyl (C=O) groups is 3. The van der Waals surface area contributed by atoms with E-state index in [1.54, 1.807) is 0 Å². The number of alkyl carbamates (subject to hydrolysis) is 1. The Kier molecular flexibility index (Phi) is 11.4. The molecule has 9 rings (SSSR count). The molecule has 3 amide bonds. The third-order valence-electron chi connectivity index (χ3n) is 12.8. The van der Waals surface area contributed by atoms with E-state index in [1.807, 2.05) is 49.3 Å². The molecule has 12 nitrogen and oxygen atoms in total. The molecule has 3 fully saturated rings. The molecule has 2 aromatic heterocycles. The standard InChI is InChI=1S/C49H54N8O4/c1-31(2)43(54-49(60)61-3)47(58)56-25-9-13-41(56)45-50-29-39(52-45)33-17-15-32(16-18-33)35-19-20-37-28-38(22-21-36(37)27-35)40-30-51-46(53-40)42-14-10-26-57(42)48(59)44(55-23-7-8-24-55)34-11-5-4-6-12-34/h4-6,11-12,15-22,27-31,41-44H,7-10,13-14,23-26H2,1-3H3,(H,50,52)(H,51,53)(H,54,60)/t41-,42-,43-,44?/m0/s1. The Morgan fingerprint density at radius 1 is 0.656 bits per heavy atom. The third kappa shape index (κ3) is 8.16. The molecule has 61 heavy (non-hydrogen) atoms. The van der Waals surface area contributed by atoms with Gasteiger partial charge in [0.15, 0.2) is 0 Å². The van der Waals surface area contributed by atoms with Crippen LogP contribution in [-0.4, -0.2) is 91.9 Å². The van der Waals surface area contributed by atoms with Gasteiger partial charge in [0.1, 0.15) is 23.7 Å². The second-order valence-electron chi connectivity index (χ2n) is 17.0. The van der Waals surface area contributed by atoms with Gasteiger partial charge < -0.3 is 29.8 Å². The second-order valence-corrected chi connectivity index (χ2v) is 17.0. The molecule has 3 aliphatic heterocycles. The molecular weight excluding hydrogens is 765 g/mol. The van der Waals surface area contributed by atoms with Crippen molar-refractivity contribution in [2.24, 2.45) is 5.92 Å². The molecule has 0 spiro atoms. The Hall–Kier alpha value is -6.27. The van der Waals surface area contributed by atoms with Crippen LogP contribution in [0, 0.1) is 5.92 Å². The number of nitrogens with one attached hydrogen (secondary N) is 3. The van der Waals surface area contributed by atoms with Gasteiger partial charge in [-0.1, -0.05) is 92.7 Å². The predicted octanol–water partition coefficient (Wildman–Crippen LogP) is 8.83. The maximum Gasteiger partial charge on any atom is 0.407 e. The number of amides is 3. The van der Waals surface area contributed by atoms with E-state index in [4.69, 9.17) is 14.7 Å². The van der Waals surface area contributed by atoms with Gasteiger partial charge in [-0.15, -0.1) is 0 Å². The number of benzene rings is 4. The molecule has 3 saturated heterocycles. The fourth-order valence-electron chi connectivity index (χ4n) is 9.55. The van der Waals surface area contributed by atoms with Crippen LogP contribution >= 0.6 is 0 Å².